The van der Waals surface area contributed by atoms with Crippen molar-refractivity contribution < 1.29 is 27.1 Å². The number of aromatic nitrogens is 3. The number of hydrogen-bond donors (Lipinski definition) is 0. The number of hydrogen-bond acceptors (Lipinski definition) is 5. The van der Waals surface area contributed by atoms with E-state index in [0.717, 1.165) is 18.5 Å². The molecule has 3 rings (SSSR count). The van der Waals surface area contributed by atoms with Crippen LogP contribution in [0.25, 0.3) is 11.1 Å². The van der Waals surface area contributed by atoms with Crippen molar-refractivity contribution in [2.45, 2.75) is 38.6 Å². The molecule has 1 aliphatic carbocycles. The van der Waals surface area contributed by atoms with Crippen LogP contribution in [0.2, 0.25) is 0 Å². The highest BCUT2D eigenvalue weighted by atomic mass is 19.4. The third-order valence-electron chi connectivity index (χ3n) is 4.97. The first-order chi connectivity index (χ1) is 13.9. The summed E-state index contributed by atoms with van der Waals surface area (Å²) in [4.78, 5) is 16.7. The highest BCUT2D eigenvalue weighted by Crippen LogP contribution is 2.47. The van der Waals surface area contributed by atoms with E-state index in [1.807, 2.05) is 6.07 Å². The number of pyridine rings is 1. The third kappa shape index (κ3) is 3.98. The van der Waals surface area contributed by atoms with Crippen molar-refractivity contribution in [1.29, 1.82) is 5.26 Å². The number of carbonyl (C=O) groups is 1. The van der Waals surface area contributed by atoms with Crippen molar-refractivity contribution in [3.63, 3.8) is 0 Å². The molecule has 158 valence electrons. The fraction of sp³-hybridized carbons (Fsp3) is 0.400. The van der Waals surface area contributed by atoms with E-state index in [9.17, 15) is 27.6 Å². The van der Waals surface area contributed by atoms with Crippen LogP contribution in [-0.2, 0) is 21.7 Å². The monoisotopic (exact) mass is 422 g/mol. The van der Waals surface area contributed by atoms with Crippen LogP contribution in [0.3, 0.4) is 0 Å². The molecule has 1 atom stereocenters. The number of alkyl halides is 3. The first-order valence-electron chi connectivity index (χ1n) is 8.89. The smallest absolute Gasteiger partial charge is 0.368 e. The van der Waals surface area contributed by atoms with Gasteiger partial charge in [0, 0.05) is 29.8 Å². The lowest BCUT2D eigenvalue weighted by atomic mass is 9.68. The Hall–Kier alpha value is -3.06. The van der Waals surface area contributed by atoms with Gasteiger partial charge in [-0.2, -0.15) is 23.5 Å². The Morgan fingerprint density at radius 3 is 2.63 bits per heavy atom. The van der Waals surface area contributed by atoms with E-state index in [1.54, 1.807) is 13.8 Å². The molecule has 0 fully saturated rings. The van der Waals surface area contributed by atoms with E-state index >= 15 is 0 Å². The van der Waals surface area contributed by atoms with Gasteiger partial charge < -0.3 is 4.74 Å². The number of carbonyl (C=O) groups excluding carboxylic acids is 1. The van der Waals surface area contributed by atoms with Crippen LogP contribution in [0.15, 0.2) is 36.3 Å². The van der Waals surface area contributed by atoms with Gasteiger partial charge in [-0.3, -0.25) is 14.5 Å². The minimum absolute atomic E-state index is 0.100. The number of Topliss-reactive ketones (excluding diaryl/α,β-unsaturated/α-hetero) is 1. The largest absolute Gasteiger partial charge is 0.408 e. The Balaban J connectivity index is 2.19. The van der Waals surface area contributed by atoms with Crippen LogP contribution in [0.1, 0.15) is 26.0 Å². The van der Waals surface area contributed by atoms with Gasteiger partial charge >= 0.3 is 6.18 Å². The maximum Gasteiger partial charge on any atom is 0.408 e. The molecule has 0 N–H and O–H groups in total. The first kappa shape index (κ1) is 21.6. The quantitative estimate of drug-likeness (QED) is 0.698. The number of nitriles is 1. The van der Waals surface area contributed by atoms with E-state index in [2.05, 4.69) is 10.1 Å². The molecule has 1 aliphatic rings. The lowest BCUT2D eigenvalue weighted by Crippen LogP contribution is -2.42. The van der Waals surface area contributed by atoms with Crippen LogP contribution in [0.4, 0.5) is 17.6 Å². The predicted octanol–water partition coefficient (Wildman–Crippen LogP) is 3.94. The van der Waals surface area contributed by atoms with Crippen molar-refractivity contribution in [3.8, 4) is 17.2 Å². The zero-order chi connectivity index (χ0) is 22.3. The normalized spacial score (nSPS) is 21.3. The van der Waals surface area contributed by atoms with Crippen molar-refractivity contribution in [1.82, 2.24) is 14.8 Å². The fourth-order valence-electron chi connectivity index (χ4n) is 3.68. The standard InChI is InChI=1S/C20H18F4N4O2/c1-18(2)10-19(30-3,5-12(6-25)17(18)29)16-15(4-14(21)8-26-16)13-7-27-28(9-13)11-20(22,23)24/h4-5,7-9H,10-11H2,1-3H3. The minimum Gasteiger partial charge on any atom is -0.368 e. The first-order valence-corrected chi connectivity index (χ1v) is 8.89. The van der Waals surface area contributed by atoms with Gasteiger partial charge in [0.2, 0.25) is 0 Å². The second kappa shape index (κ2) is 7.32. The lowest BCUT2D eigenvalue weighted by Gasteiger charge is -2.40. The molecule has 0 amide bonds. The van der Waals surface area contributed by atoms with Gasteiger partial charge in [0.15, 0.2) is 5.78 Å². The molecule has 0 saturated heterocycles. The summed E-state index contributed by atoms with van der Waals surface area (Å²) in [5.74, 6) is -1.07. The van der Waals surface area contributed by atoms with E-state index < -0.39 is 29.6 Å². The van der Waals surface area contributed by atoms with Crippen molar-refractivity contribution >= 4 is 5.78 Å². The Morgan fingerprint density at radius 1 is 1.33 bits per heavy atom. The van der Waals surface area contributed by atoms with Gasteiger partial charge in [0.05, 0.1) is 23.7 Å². The molecule has 2 heterocycles. The maximum absolute atomic E-state index is 14.0. The van der Waals surface area contributed by atoms with Gasteiger partial charge in [-0.25, -0.2) is 4.39 Å². The van der Waals surface area contributed by atoms with Crippen LogP contribution in [-0.4, -0.2) is 33.8 Å². The third-order valence-corrected chi connectivity index (χ3v) is 4.97. The molecular formula is C20H18F4N4O2. The Kier molecular flexibility index (Phi) is 5.28. The molecule has 2 aromatic rings. The zero-order valence-electron chi connectivity index (χ0n) is 16.4. The van der Waals surface area contributed by atoms with Gasteiger partial charge in [0.1, 0.15) is 24.0 Å². The zero-order valence-corrected chi connectivity index (χ0v) is 16.4. The average Bonchev–Trinajstić information content (AvgIpc) is 3.10. The number of ketones is 1. The molecule has 30 heavy (non-hydrogen) atoms. The topological polar surface area (TPSA) is 80.8 Å². The number of allylic oxidation sites excluding steroid dienone is 1. The van der Waals surface area contributed by atoms with E-state index in [-0.39, 0.29) is 34.6 Å². The number of nitrogens with zero attached hydrogens (tertiary/aromatic N) is 4. The molecular weight excluding hydrogens is 404 g/mol. The van der Waals surface area contributed by atoms with Gasteiger partial charge in [-0.1, -0.05) is 13.8 Å². The lowest BCUT2D eigenvalue weighted by molar-refractivity contribution is -0.142. The summed E-state index contributed by atoms with van der Waals surface area (Å²) >= 11 is 0. The molecule has 1 unspecified atom stereocenters. The molecule has 10 heteroatoms. The second-order valence-electron chi connectivity index (χ2n) is 7.74. The highest BCUT2D eigenvalue weighted by molar-refractivity contribution is 6.04. The van der Waals surface area contributed by atoms with Crippen molar-refractivity contribution in [2.75, 3.05) is 7.11 Å². The summed E-state index contributed by atoms with van der Waals surface area (Å²) in [6, 6.07) is 2.97. The molecule has 2 aromatic heterocycles. The van der Waals surface area contributed by atoms with Crippen LogP contribution >= 0.6 is 0 Å². The Morgan fingerprint density at radius 2 is 2.03 bits per heavy atom. The predicted molar refractivity (Wildman–Crippen MR) is 97.3 cm³/mol. The van der Waals surface area contributed by atoms with E-state index in [0.29, 0.717) is 4.68 Å². The summed E-state index contributed by atoms with van der Waals surface area (Å²) in [7, 11) is 1.36. The number of rotatable bonds is 4. The Labute approximate surface area is 169 Å². The maximum atomic E-state index is 14.0. The van der Waals surface area contributed by atoms with Crippen LogP contribution < -0.4 is 0 Å². The highest BCUT2D eigenvalue weighted by Gasteiger charge is 2.48. The summed E-state index contributed by atoms with van der Waals surface area (Å²) in [5.41, 5.74) is -1.95. The van der Waals surface area contributed by atoms with Crippen molar-refractivity contribution in [3.05, 3.63) is 47.8 Å². The van der Waals surface area contributed by atoms with Crippen LogP contribution in [0.5, 0.6) is 0 Å². The summed E-state index contributed by atoms with van der Waals surface area (Å²) < 4.78 is 58.5. The fourth-order valence-corrected chi connectivity index (χ4v) is 3.68. The van der Waals surface area contributed by atoms with Gasteiger partial charge in [-0.15, -0.1) is 0 Å². The summed E-state index contributed by atoms with van der Waals surface area (Å²) in [6.45, 7) is 2.00. The van der Waals surface area contributed by atoms with Gasteiger partial charge in [0.25, 0.3) is 0 Å². The molecule has 0 aromatic carbocycles. The van der Waals surface area contributed by atoms with E-state index in [4.69, 9.17) is 4.74 Å². The number of ether oxygens (including phenoxy) is 1. The van der Waals surface area contributed by atoms with Gasteiger partial charge in [-0.05, 0) is 18.6 Å². The van der Waals surface area contributed by atoms with Crippen LogP contribution in [0, 0.1) is 22.6 Å². The minimum atomic E-state index is -4.47. The molecule has 0 saturated carbocycles. The molecule has 6 nitrogen and oxygen atoms in total. The van der Waals surface area contributed by atoms with E-state index in [1.165, 1.54) is 19.4 Å². The molecule has 0 radical (unpaired) electrons. The summed E-state index contributed by atoms with van der Waals surface area (Å²) in [6.07, 6.45) is 0.211. The Bertz CT molecular complexity index is 1070. The SMILES string of the molecule is COC1(c2ncc(F)cc2-c2cnn(CC(F)(F)F)c2)C=C(C#N)C(=O)C(C)(C)C1. The number of methoxy groups -OCH3 is 1. The molecule has 0 bridgehead atoms. The molecule has 0 aliphatic heterocycles. The average molecular weight is 422 g/mol. The number of halogens is 4. The van der Waals surface area contributed by atoms with Crippen molar-refractivity contribution in [2.24, 2.45) is 5.41 Å². The second-order valence-corrected chi connectivity index (χ2v) is 7.74. The summed E-state index contributed by atoms with van der Waals surface area (Å²) in [5, 5.41) is 13.1. The molecule has 0 spiro atoms.